The number of rotatable bonds is 6. The quantitative estimate of drug-likeness (QED) is 0.815. The number of carbonyl (C=O) groups excluding carboxylic acids is 1. The highest BCUT2D eigenvalue weighted by Gasteiger charge is 2.20. The van der Waals surface area contributed by atoms with E-state index in [9.17, 15) is 4.79 Å². The first-order chi connectivity index (χ1) is 11.1. The Morgan fingerprint density at radius 2 is 1.91 bits per heavy atom. The number of methoxy groups -OCH3 is 1. The number of benzene rings is 1. The first kappa shape index (κ1) is 16.5. The molecule has 1 aromatic carbocycles. The highest BCUT2D eigenvalue weighted by molar-refractivity contribution is 5.91. The molecule has 0 saturated carbocycles. The van der Waals surface area contributed by atoms with Gasteiger partial charge in [0, 0.05) is 0 Å². The minimum Gasteiger partial charge on any atom is -0.493 e. The Hall–Kier alpha value is -2.83. The zero-order valence-electron chi connectivity index (χ0n) is 13.3. The third-order valence-electron chi connectivity index (χ3n) is 3.10. The van der Waals surface area contributed by atoms with Crippen LogP contribution in [0.25, 0.3) is 0 Å². The van der Waals surface area contributed by atoms with Crippen molar-refractivity contribution in [3.63, 3.8) is 0 Å². The molecule has 2 aromatic rings. The van der Waals surface area contributed by atoms with Crippen molar-refractivity contribution in [2.24, 2.45) is 0 Å². The van der Waals surface area contributed by atoms with E-state index in [4.69, 9.17) is 19.9 Å². The lowest BCUT2D eigenvalue weighted by atomic mass is 10.1. The second-order valence-electron chi connectivity index (χ2n) is 4.65. The fourth-order valence-corrected chi connectivity index (χ4v) is 2.11. The van der Waals surface area contributed by atoms with Gasteiger partial charge in [0.15, 0.2) is 11.5 Å². The summed E-state index contributed by atoms with van der Waals surface area (Å²) in [5.41, 5.74) is 6.77. The maximum Gasteiger partial charge on any atom is 0.341 e. The smallest absolute Gasteiger partial charge is 0.341 e. The van der Waals surface area contributed by atoms with E-state index in [-0.39, 0.29) is 24.7 Å². The fourth-order valence-electron chi connectivity index (χ4n) is 2.11. The molecular weight excluding hydrogens is 298 g/mol. The van der Waals surface area contributed by atoms with Crippen LogP contribution in [0, 0.1) is 6.92 Å². The molecule has 0 aliphatic carbocycles. The first-order valence-corrected chi connectivity index (χ1v) is 7.12. The number of carbonyl (C=O) groups is 1. The SMILES string of the molecule is CCOC(=O)c1c(C)nc(N)nc1COc1ccccc1OC. The van der Waals surface area contributed by atoms with Crippen LogP contribution in [0.2, 0.25) is 0 Å². The van der Waals surface area contributed by atoms with Gasteiger partial charge in [-0.25, -0.2) is 14.8 Å². The lowest BCUT2D eigenvalue weighted by Crippen LogP contribution is -2.16. The highest BCUT2D eigenvalue weighted by Crippen LogP contribution is 2.27. The summed E-state index contributed by atoms with van der Waals surface area (Å²) in [7, 11) is 1.55. The summed E-state index contributed by atoms with van der Waals surface area (Å²) >= 11 is 0. The van der Waals surface area contributed by atoms with Crippen LogP contribution in [0.15, 0.2) is 24.3 Å². The second-order valence-corrected chi connectivity index (χ2v) is 4.65. The van der Waals surface area contributed by atoms with E-state index in [1.54, 1.807) is 33.1 Å². The summed E-state index contributed by atoms with van der Waals surface area (Å²) < 4.78 is 16.0. The summed E-state index contributed by atoms with van der Waals surface area (Å²) in [5.74, 6) is 0.710. The first-order valence-electron chi connectivity index (χ1n) is 7.12. The molecule has 122 valence electrons. The van der Waals surface area contributed by atoms with Crippen molar-refractivity contribution in [2.75, 3.05) is 19.5 Å². The van der Waals surface area contributed by atoms with Gasteiger partial charge in [-0.3, -0.25) is 0 Å². The Kier molecular flexibility index (Phi) is 5.35. The lowest BCUT2D eigenvalue weighted by molar-refractivity contribution is 0.0521. The number of aromatic nitrogens is 2. The van der Waals surface area contributed by atoms with Crippen LogP contribution in [-0.2, 0) is 11.3 Å². The Morgan fingerprint density at radius 3 is 2.57 bits per heavy atom. The van der Waals surface area contributed by atoms with Gasteiger partial charge in [-0.1, -0.05) is 12.1 Å². The third kappa shape index (κ3) is 3.88. The molecule has 1 aromatic heterocycles. The molecule has 0 aliphatic rings. The van der Waals surface area contributed by atoms with Crippen molar-refractivity contribution in [3.8, 4) is 11.5 Å². The van der Waals surface area contributed by atoms with E-state index in [0.717, 1.165) is 0 Å². The molecule has 7 heteroatoms. The topological polar surface area (TPSA) is 96.6 Å². The summed E-state index contributed by atoms with van der Waals surface area (Å²) in [6.45, 7) is 3.71. The predicted octanol–water partition coefficient (Wildman–Crippen LogP) is 2.13. The number of hydrogen-bond donors (Lipinski definition) is 1. The summed E-state index contributed by atoms with van der Waals surface area (Å²) in [4.78, 5) is 20.2. The van der Waals surface area contributed by atoms with Crippen LogP contribution in [0.5, 0.6) is 11.5 Å². The van der Waals surface area contributed by atoms with E-state index in [0.29, 0.717) is 22.9 Å². The average Bonchev–Trinajstić information content (AvgIpc) is 2.52. The molecule has 0 atom stereocenters. The van der Waals surface area contributed by atoms with E-state index in [1.807, 2.05) is 12.1 Å². The van der Waals surface area contributed by atoms with Gasteiger partial charge in [-0.05, 0) is 26.0 Å². The number of para-hydroxylation sites is 2. The van der Waals surface area contributed by atoms with Crippen molar-refractivity contribution in [2.45, 2.75) is 20.5 Å². The Balaban J connectivity index is 2.30. The van der Waals surface area contributed by atoms with Gasteiger partial charge < -0.3 is 19.9 Å². The largest absolute Gasteiger partial charge is 0.493 e. The number of nitrogens with zero attached hydrogens (tertiary/aromatic N) is 2. The zero-order chi connectivity index (χ0) is 16.8. The Morgan fingerprint density at radius 1 is 1.22 bits per heavy atom. The molecule has 23 heavy (non-hydrogen) atoms. The number of aryl methyl sites for hydroxylation is 1. The van der Waals surface area contributed by atoms with E-state index in [2.05, 4.69) is 9.97 Å². The van der Waals surface area contributed by atoms with E-state index in [1.165, 1.54) is 0 Å². The molecule has 0 bridgehead atoms. The maximum absolute atomic E-state index is 12.1. The number of esters is 1. The fraction of sp³-hybridized carbons (Fsp3) is 0.312. The van der Waals surface area contributed by atoms with Gasteiger partial charge in [0.25, 0.3) is 0 Å². The number of nitrogen functional groups attached to an aromatic ring is 1. The van der Waals surface area contributed by atoms with Crippen LogP contribution in [0.3, 0.4) is 0 Å². The molecule has 1 heterocycles. The number of nitrogens with two attached hydrogens (primary N) is 1. The van der Waals surface area contributed by atoms with Crippen molar-refractivity contribution >= 4 is 11.9 Å². The molecule has 7 nitrogen and oxygen atoms in total. The average molecular weight is 317 g/mol. The lowest BCUT2D eigenvalue weighted by Gasteiger charge is -2.13. The van der Waals surface area contributed by atoms with Gasteiger partial charge >= 0.3 is 5.97 Å². The van der Waals surface area contributed by atoms with Crippen LogP contribution < -0.4 is 15.2 Å². The molecule has 0 spiro atoms. The van der Waals surface area contributed by atoms with Gasteiger partial charge in [-0.2, -0.15) is 0 Å². The monoisotopic (exact) mass is 317 g/mol. The van der Waals surface area contributed by atoms with Gasteiger partial charge in [0.1, 0.15) is 12.2 Å². The highest BCUT2D eigenvalue weighted by atomic mass is 16.5. The Labute approximate surface area is 134 Å². The van der Waals surface area contributed by atoms with Crippen molar-refractivity contribution in [3.05, 3.63) is 41.2 Å². The molecule has 0 radical (unpaired) electrons. The van der Waals surface area contributed by atoms with Crippen molar-refractivity contribution in [1.82, 2.24) is 9.97 Å². The van der Waals surface area contributed by atoms with Gasteiger partial charge in [0.05, 0.1) is 25.1 Å². The number of anilines is 1. The van der Waals surface area contributed by atoms with Crippen molar-refractivity contribution < 1.29 is 19.0 Å². The number of ether oxygens (including phenoxy) is 3. The van der Waals surface area contributed by atoms with Gasteiger partial charge in [0.2, 0.25) is 5.95 Å². The number of hydrogen-bond acceptors (Lipinski definition) is 7. The molecule has 0 fully saturated rings. The zero-order valence-corrected chi connectivity index (χ0v) is 13.3. The minimum absolute atomic E-state index is 0.0437. The molecule has 0 aliphatic heterocycles. The molecule has 0 amide bonds. The van der Waals surface area contributed by atoms with Gasteiger partial charge in [-0.15, -0.1) is 0 Å². The molecule has 0 unspecified atom stereocenters. The summed E-state index contributed by atoms with van der Waals surface area (Å²) in [6.07, 6.45) is 0. The molecule has 0 saturated heterocycles. The standard InChI is InChI=1S/C16H19N3O4/c1-4-22-15(20)14-10(2)18-16(17)19-11(14)9-23-13-8-6-5-7-12(13)21-3/h5-8H,4,9H2,1-3H3,(H2,17,18,19). The van der Waals surface area contributed by atoms with Crippen LogP contribution in [0.1, 0.15) is 28.7 Å². The second kappa shape index (κ2) is 7.44. The molecule has 2 N–H and O–H groups in total. The molecule has 2 rings (SSSR count). The normalized spacial score (nSPS) is 10.2. The van der Waals surface area contributed by atoms with Crippen LogP contribution in [0.4, 0.5) is 5.95 Å². The minimum atomic E-state index is -0.497. The molecular formula is C16H19N3O4. The summed E-state index contributed by atoms with van der Waals surface area (Å²) in [6, 6.07) is 7.20. The maximum atomic E-state index is 12.1. The van der Waals surface area contributed by atoms with Crippen molar-refractivity contribution in [1.29, 1.82) is 0 Å². The summed E-state index contributed by atoms with van der Waals surface area (Å²) in [5, 5.41) is 0. The van der Waals surface area contributed by atoms with Crippen LogP contribution >= 0.6 is 0 Å². The van der Waals surface area contributed by atoms with E-state index >= 15 is 0 Å². The van der Waals surface area contributed by atoms with E-state index < -0.39 is 5.97 Å². The predicted molar refractivity (Wildman–Crippen MR) is 84.5 cm³/mol. The third-order valence-corrected chi connectivity index (χ3v) is 3.10. The Bertz CT molecular complexity index is 704. The van der Waals surface area contributed by atoms with Crippen LogP contribution in [-0.4, -0.2) is 29.7 Å².